The second-order valence-corrected chi connectivity index (χ2v) is 5.67. The van der Waals surface area contributed by atoms with Crippen LogP contribution in [-0.4, -0.2) is 9.97 Å². The van der Waals surface area contributed by atoms with Gasteiger partial charge in [0.25, 0.3) is 0 Å². The van der Waals surface area contributed by atoms with Crippen LogP contribution >= 0.6 is 11.3 Å². The second kappa shape index (κ2) is 4.28. The molecular weight excluding hydrogens is 266 g/mol. The number of anilines is 1. The van der Waals surface area contributed by atoms with Crippen LogP contribution in [0.3, 0.4) is 0 Å². The summed E-state index contributed by atoms with van der Waals surface area (Å²) in [6.07, 6.45) is 1.53. The normalized spacial score (nSPS) is 11.2. The minimum Gasteiger partial charge on any atom is -0.382 e. The first-order chi connectivity index (χ1) is 9.83. The van der Waals surface area contributed by atoms with E-state index in [1.807, 2.05) is 18.2 Å². The molecule has 0 atom stereocenters. The van der Waals surface area contributed by atoms with Crippen molar-refractivity contribution in [2.75, 3.05) is 5.73 Å². The molecule has 0 aliphatic heterocycles. The molecule has 0 saturated carbocycles. The van der Waals surface area contributed by atoms with Crippen LogP contribution in [0.4, 0.5) is 5.82 Å². The van der Waals surface area contributed by atoms with Gasteiger partial charge < -0.3 is 5.73 Å². The van der Waals surface area contributed by atoms with Gasteiger partial charge in [0.05, 0.1) is 10.2 Å². The average molecular weight is 277 g/mol. The van der Waals surface area contributed by atoms with Crippen molar-refractivity contribution < 1.29 is 0 Å². The molecule has 4 heteroatoms. The summed E-state index contributed by atoms with van der Waals surface area (Å²) in [5, 5.41) is 1.14. The summed E-state index contributed by atoms with van der Waals surface area (Å²) >= 11 is 1.64. The predicted octanol–water partition coefficient (Wildman–Crippen LogP) is 4.09. The zero-order valence-corrected chi connectivity index (χ0v) is 11.4. The number of benzene rings is 2. The summed E-state index contributed by atoms with van der Waals surface area (Å²) in [5.74, 6) is 0.553. The molecule has 4 aromatic rings. The van der Waals surface area contributed by atoms with E-state index in [1.54, 1.807) is 11.3 Å². The van der Waals surface area contributed by atoms with Crippen LogP contribution in [0, 0.1) is 0 Å². The third-order valence-electron chi connectivity index (χ3n) is 3.39. The Morgan fingerprint density at radius 2 is 1.75 bits per heavy atom. The average Bonchev–Trinajstić information content (AvgIpc) is 2.88. The standard InChI is InChI=1S/C16H11N3S/c17-16-15-14(18-9-19-16)12-8-11(6-7-13(12)20-15)10-4-2-1-3-5-10/h1-9H,(H2,17,18,19). The predicted molar refractivity (Wildman–Crippen MR) is 84.8 cm³/mol. The van der Waals surface area contributed by atoms with Crippen molar-refractivity contribution in [3.8, 4) is 11.1 Å². The summed E-state index contributed by atoms with van der Waals surface area (Å²) in [6.45, 7) is 0. The third kappa shape index (κ3) is 1.66. The molecule has 0 aliphatic carbocycles. The lowest BCUT2D eigenvalue weighted by Crippen LogP contribution is -1.89. The number of thiophene rings is 1. The van der Waals surface area contributed by atoms with Crippen LogP contribution in [0.2, 0.25) is 0 Å². The Morgan fingerprint density at radius 1 is 0.900 bits per heavy atom. The number of rotatable bonds is 1. The Balaban J connectivity index is 2.04. The lowest BCUT2D eigenvalue weighted by Gasteiger charge is -2.01. The van der Waals surface area contributed by atoms with Crippen molar-refractivity contribution in [2.24, 2.45) is 0 Å². The highest BCUT2D eigenvalue weighted by atomic mass is 32.1. The van der Waals surface area contributed by atoms with E-state index in [0.29, 0.717) is 5.82 Å². The van der Waals surface area contributed by atoms with Crippen LogP contribution in [0.5, 0.6) is 0 Å². The Labute approximate surface area is 119 Å². The van der Waals surface area contributed by atoms with Crippen molar-refractivity contribution in [3.63, 3.8) is 0 Å². The number of nitrogen functional groups attached to an aromatic ring is 1. The number of nitrogens with two attached hydrogens (primary N) is 1. The van der Waals surface area contributed by atoms with Gasteiger partial charge in [-0.05, 0) is 23.3 Å². The molecule has 96 valence electrons. The molecule has 2 aromatic carbocycles. The third-order valence-corrected chi connectivity index (χ3v) is 4.57. The fraction of sp³-hybridized carbons (Fsp3) is 0. The first-order valence-electron chi connectivity index (χ1n) is 6.31. The molecule has 4 rings (SSSR count). The number of fused-ring (bicyclic) bond motifs is 3. The largest absolute Gasteiger partial charge is 0.382 e. The van der Waals surface area contributed by atoms with Crippen LogP contribution < -0.4 is 5.73 Å². The molecule has 2 N–H and O–H groups in total. The fourth-order valence-electron chi connectivity index (χ4n) is 2.40. The van der Waals surface area contributed by atoms with Gasteiger partial charge in [-0.25, -0.2) is 9.97 Å². The molecule has 0 unspecified atom stereocenters. The van der Waals surface area contributed by atoms with Crippen molar-refractivity contribution >= 4 is 37.5 Å². The van der Waals surface area contributed by atoms with Gasteiger partial charge in [0.15, 0.2) is 0 Å². The molecule has 0 saturated heterocycles. The van der Waals surface area contributed by atoms with Gasteiger partial charge in [0.2, 0.25) is 0 Å². The maximum Gasteiger partial charge on any atom is 0.144 e. The number of aromatic nitrogens is 2. The summed E-state index contributed by atoms with van der Waals surface area (Å²) in [6, 6.07) is 16.8. The zero-order valence-electron chi connectivity index (χ0n) is 10.6. The van der Waals surface area contributed by atoms with Gasteiger partial charge in [-0.1, -0.05) is 36.4 Å². The van der Waals surface area contributed by atoms with Crippen molar-refractivity contribution in [1.29, 1.82) is 0 Å². The van der Waals surface area contributed by atoms with E-state index in [-0.39, 0.29) is 0 Å². The monoisotopic (exact) mass is 277 g/mol. The lowest BCUT2D eigenvalue weighted by atomic mass is 10.0. The molecular formula is C16H11N3S. The number of nitrogens with zero attached hydrogens (tertiary/aromatic N) is 2. The molecule has 2 aromatic heterocycles. The molecule has 0 amide bonds. The van der Waals surface area contributed by atoms with Gasteiger partial charge in [-0.3, -0.25) is 0 Å². The van der Waals surface area contributed by atoms with E-state index in [9.17, 15) is 0 Å². The van der Waals surface area contributed by atoms with E-state index in [2.05, 4.69) is 40.3 Å². The molecule has 20 heavy (non-hydrogen) atoms. The Hall–Kier alpha value is -2.46. The van der Waals surface area contributed by atoms with Crippen molar-refractivity contribution in [2.45, 2.75) is 0 Å². The van der Waals surface area contributed by atoms with Crippen LogP contribution in [0.25, 0.3) is 31.4 Å². The van der Waals surface area contributed by atoms with E-state index < -0.39 is 0 Å². The molecule has 3 nitrogen and oxygen atoms in total. The van der Waals surface area contributed by atoms with Crippen molar-refractivity contribution in [1.82, 2.24) is 9.97 Å². The summed E-state index contributed by atoms with van der Waals surface area (Å²) < 4.78 is 2.15. The second-order valence-electron chi connectivity index (χ2n) is 4.62. The van der Waals surface area contributed by atoms with Crippen LogP contribution in [0.1, 0.15) is 0 Å². The molecule has 0 bridgehead atoms. The zero-order chi connectivity index (χ0) is 13.5. The first kappa shape index (κ1) is 11.4. The highest BCUT2D eigenvalue weighted by molar-refractivity contribution is 7.26. The quantitative estimate of drug-likeness (QED) is 0.570. The van der Waals surface area contributed by atoms with Crippen LogP contribution in [-0.2, 0) is 0 Å². The van der Waals surface area contributed by atoms with Crippen molar-refractivity contribution in [3.05, 3.63) is 54.9 Å². The Kier molecular flexibility index (Phi) is 2.44. The summed E-state index contributed by atoms with van der Waals surface area (Å²) in [4.78, 5) is 8.44. The van der Waals surface area contributed by atoms with Crippen LogP contribution in [0.15, 0.2) is 54.9 Å². The Bertz CT molecular complexity index is 913. The summed E-state index contributed by atoms with van der Waals surface area (Å²) in [7, 11) is 0. The van der Waals surface area contributed by atoms with E-state index in [0.717, 1.165) is 15.6 Å². The smallest absolute Gasteiger partial charge is 0.144 e. The highest BCUT2D eigenvalue weighted by Gasteiger charge is 2.10. The molecule has 2 heterocycles. The lowest BCUT2D eigenvalue weighted by molar-refractivity contribution is 1.24. The number of hydrogen-bond acceptors (Lipinski definition) is 4. The molecule has 0 aliphatic rings. The van der Waals surface area contributed by atoms with Gasteiger partial charge in [-0.15, -0.1) is 11.3 Å². The highest BCUT2D eigenvalue weighted by Crippen LogP contribution is 2.36. The Morgan fingerprint density at radius 3 is 2.60 bits per heavy atom. The summed E-state index contributed by atoms with van der Waals surface area (Å²) in [5.41, 5.74) is 9.26. The SMILES string of the molecule is Nc1ncnc2c1sc1ccc(-c3ccccc3)cc12. The molecule has 0 spiro atoms. The first-order valence-corrected chi connectivity index (χ1v) is 7.13. The topological polar surface area (TPSA) is 51.8 Å². The minimum atomic E-state index is 0.553. The van der Waals surface area contributed by atoms with E-state index in [4.69, 9.17) is 5.73 Å². The minimum absolute atomic E-state index is 0.553. The van der Waals surface area contributed by atoms with Gasteiger partial charge in [0, 0.05) is 10.1 Å². The fourth-order valence-corrected chi connectivity index (χ4v) is 3.44. The van der Waals surface area contributed by atoms with Gasteiger partial charge in [0.1, 0.15) is 12.1 Å². The maximum absolute atomic E-state index is 5.93. The van der Waals surface area contributed by atoms with Gasteiger partial charge >= 0.3 is 0 Å². The molecule has 0 fully saturated rings. The van der Waals surface area contributed by atoms with E-state index >= 15 is 0 Å². The molecule has 0 radical (unpaired) electrons. The van der Waals surface area contributed by atoms with E-state index in [1.165, 1.54) is 22.2 Å². The maximum atomic E-state index is 5.93. The number of hydrogen-bond donors (Lipinski definition) is 1. The van der Waals surface area contributed by atoms with Gasteiger partial charge in [-0.2, -0.15) is 0 Å².